The van der Waals surface area contributed by atoms with Gasteiger partial charge < -0.3 is 5.32 Å². The summed E-state index contributed by atoms with van der Waals surface area (Å²) in [5.41, 5.74) is 4.89. The van der Waals surface area contributed by atoms with E-state index in [2.05, 4.69) is 21.8 Å². The van der Waals surface area contributed by atoms with Crippen molar-refractivity contribution in [3.05, 3.63) is 41.7 Å². The minimum Gasteiger partial charge on any atom is -0.322 e. The number of imide groups is 1. The van der Waals surface area contributed by atoms with E-state index in [1.807, 2.05) is 36.7 Å². The van der Waals surface area contributed by atoms with Crippen LogP contribution in [0.5, 0.6) is 0 Å². The Hall–Kier alpha value is -2.81. The van der Waals surface area contributed by atoms with E-state index in [0.717, 1.165) is 35.5 Å². The van der Waals surface area contributed by atoms with Crippen LogP contribution in [0.2, 0.25) is 0 Å². The van der Waals surface area contributed by atoms with Gasteiger partial charge in [-0.2, -0.15) is 5.01 Å². The van der Waals surface area contributed by atoms with Crippen LogP contribution >= 0.6 is 11.8 Å². The molecule has 1 aromatic carbocycles. The maximum atomic E-state index is 12.8. The second-order valence-corrected chi connectivity index (χ2v) is 8.85. The highest BCUT2D eigenvalue weighted by atomic mass is 32.2. The van der Waals surface area contributed by atoms with E-state index in [1.54, 1.807) is 6.20 Å². The van der Waals surface area contributed by atoms with Gasteiger partial charge in [0.2, 0.25) is 5.91 Å². The molecule has 4 amide bonds. The fraction of sp³-hybridized carbons (Fsp3) is 0.429. The molecule has 2 heterocycles. The monoisotopic (exact) mass is 427 g/mol. The Kier molecular flexibility index (Phi) is 5.55. The molecule has 0 atom stereocenters. The Labute approximate surface area is 179 Å². The number of carbonyl (C=O) groups excluding carboxylic acids is 3. The predicted octanol–water partition coefficient (Wildman–Crippen LogP) is 2.87. The summed E-state index contributed by atoms with van der Waals surface area (Å²) >= 11 is 1.25. The molecule has 1 saturated heterocycles. The van der Waals surface area contributed by atoms with E-state index in [4.69, 9.17) is 0 Å². The van der Waals surface area contributed by atoms with Gasteiger partial charge in [-0.15, -0.1) is 0 Å². The summed E-state index contributed by atoms with van der Waals surface area (Å²) in [6.07, 6.45) is 7.61. The van der Waals surface area contributed by atoms with Gasteiger partial charge in [-0.3, -0.25) is 19.6 Å². The van der Waals surface area contributed by atoms with Crippen LogP contribution in [-0.4, -0.2) is 43.7 Å². The molecule has 0 radical (unpaired) electrons. The Morgan fingerprint density at radius 1 is 1.23 bits per heavy atom. The zero-order chi connectivity index (χ0) is 21.3. The minimum absolute atomic E-state index is 0.0337. The number of hydrogen-bond acceptors (Lipinski definition) is 5. The van der Waals surface area contributed by atoms with Crippen molar-refractivity contribution in [3.8, 4) is 5.69 Å². The Morgan fingerprint density at radius 2 is 2.00 bits per heavy atom. The highest BCUT2D eigenvalue weighted by Crippen LogP contribution is 2.33. The highest BCUT2D eigenvalue weighted by Gasteiger charge is 2.52. The van der Waals surface area contributed by atoms with Crippen LogP contribution in [0.1, 0.15) is 43.2 Å². The molecule has 2 aliphatic rings. The van der Waals surface area contributed by atoms with Crippen molar-refractivity contribution in [2.45, 2.75) is 56.6 Å². The molecule has 9 heteroatoms. The van der Waals surface area contributed by atoms with Crippen molar-refractivity contribution >= 4 is 29.6 Å². The summed E-state index contributed by atoms with van der Waals surface area (Å²) < 4.78 is 1.93. The Balaban J connectivity index is 1.40. The van der Waals surface area contributed by atoms with Crippen LogP contribution in [0.25, 0.3) is 5.69 Å². The van der Waals surface area contributed by atoms with Crippen LogP contribution in [0.4, 0.5) is 4.79 Å². The lowest BCUT2D eigenvalue weighted by atomic mass is 9.82. The van der Waals surface area contributed by atoms with E-state index in [9.17, 15) is 14.4 Å². The third-order valence-corrected chi connectivity index (χ3v) is 6.62. The third-order valence-electron chi connectivity index (χ3n) is 5.66. The first-order chi connectivity index (χ1) is 14.4. The number of amides is 4. The molecule has 1 spiro atoms. The summed E-state index contributed by atoms with van der Waals surface area (Å²) in [6.45, 7) is 4.07. The average Bonchev–Trinajstić information content (AvgIpc) is 3.26. The summed E-state index contributed by atoms with van der Waals surface area (Å²) in [7, 11) is 0. The molecule has 8 nitrogen and oxygen atoms in total. The largest absolute Gasteiger partial charge is 0.344 e. The Bertz CT molecular complexity index is 996. The van der Waals surface area contributed by atoms with Crippen molar-refractivity contribution < 1.29 is 14.4 Å². The number of hydrazine groups is 1. The summed E-state index contributed by atoms with van der Waals surface area (Å²) in [5, 5.41) is 4.29. The zero-order valence-electron chi connectivity index (χ0n) is 17.1. The number of benzene rings is 1. The topological polar surface area (TPSA) is 96.3 Å². The molecule has 2 N–H and O–H groups in total. The lowest BCUT2D eigenvalue weighted by Gasteiger charge is -2.30. The first-order valence-electron chi connectivity index (χ1n) is 10.1. The smallest absolute Gasteiger partial charge is 0.322 e. The van der Waals surface area contributed by atoms with E-state index < -0.39 is 17.5 Å². The number of aryl methyl sites for hydroxylation is 2. The second-order valence-electron chi connectivity index (χ2n) is 7.91. The average molecular weight is 428 g/mol. The zero-order valence-corrected chi connectivity index (χ0v) is 17.9. The van der Waals surface area contributed by atoms with Crippen LogP contribution in [0.15, 0.2) is 35.7 Å². The molecule has 1 saturated carbocycles. The van der Waals surface area contributed by atoms with Gasteiger partial charge in [0, 0.05) is 12.4 Å². The van der Waals surface area contributed by atoms with Crippen LogP contribution in [0.3, 0.4) is 0 Å². The first-order valence-corrected chi connectivity index (χ1v) is 11.1. The number of carbonyl (C=O) groups is 3. The van der Waals surface area contributed by atoms with E-state index >= 15 is 0 Å². The van der Waals surface area contributed by atoms with Gasteiger partial charge in [-0.25, -0.2) is 9.78 Å². The van der Waals surface area contributed by atoms with Gasteiger partial charge in [0.1, 0.15) is 5.54 Å². The Morgan fingerprint density at radius 3 is 2.73 bits per heavy atom. The van der Waals surface area contributed by atoms with Gasteiger partial charge in [0.25, 0.3) is 5.91 Å². The molecule has 1 aliphatic heterocycles. The first kappa shape index (κ1) is 20.5. The maximum absolute atomic E-state index is 12.8. The number of urea groups is 1. The van der Waals surface area contributed by atoms with E-state index in [-0.39, 0.29) is 11.7 Å². The molecule has 2 aromatic rings. The molecular weight excluding hydrogens is 402 g/mol. The van der Waals surface area contributed by atoms with Crippen molar-refractivity contribution in [1.29, 1.82) is 0 Å². The summed E-state index contributed by atoms with van der Waals surface area (Å²) in [6, 6.07) is 5.59. The fourth-order valence-corrected chi connectivity index (χ4v) is 4.92. The number of nitrogens with zero attached hydrogens (tertiary/aromatic N) is 3. The predicted molar refractivity (Wildman–Crippen MR) is 113 cm³/mol. The van der Waals surface area contributed by atoms with E-state index in [1.165, 1.54) is 17.3 Å². The fourth-order valence-electron chi connectivity index (χ4n) is 4.16. The number of rotatable bonds is 5. The molecule has 0 unspecified atom stereocenters. The number of imidazole rings is 1. The molecule has 158 valence electrons. The lowest BCUT2D eigenvalue weighted by molar-refractivity contribution is -0.139. The second kappa shape index (κ2) is 8.14. The number of thioether (sulfide) groups is 1. The van der Waals surface area contributed by atoms with Crippen LogP contribution in [-0.2, 0) is 9.59 Å². The molecular formula is C21H25N5O3S. The van der Waals surface area contributed by atoms with Crippen LogP contribution in [0, 0.1) is 13.8 Å². The lowest BCUT2D eigenvalue weighted by Crippen LogP contribution is -2.51. The number of nitrogens with one attached hydrogen (secondary N) is 2. The van der Waals surface area contributed by atoms with Gasteiger partial charge in [-0.05, 0) is 38.3 Å². The maximum Gasteiger partial charge on any atom is 0.344 e. The van der Waals surface area contributed by atoms with Gasteiger partial charge >= 0.3 is 6.03 Å². The molecule has 2 fully saturated rings. The highest BCUT2D eigenvalue weighted by molar-refractivity contribution is 7.99. The van der Waals surface area contributed by atoms with Crippen molar-refractivity contribution in [2.24, 2.45) is 0 Å². The van der Waals surface area contributed by atoms with Crippen molar-refractivity contribution in [1.82, 2.24) is 25.3 Å². The number of hydrogen-bond donors (Lipinski definition) is 2. The van der Waals surface area contributed by atoms with Gasteiger partial charge in [0.15, 0.2) is 5.16 Å². The summed E-state index contributed by atoms with van der Waals surface area (Å²) in [4.78, 5) is 41.9. The van der Waals surface area contributed by atoms with Gasteiger partial charge in [0.05, 0.1) is 11.4 Å². The number of aromatic nitrogens is 2. The molecule has 1 aliphatic carbocycles. The standard InChI is InChI=1S/C21H25N5O3S/c1-14-6-7-16(15(2)12-14)25-11-10-22-20(25)30-13-17(27)24-26-18(28)21(23-19(26)29)8-4-3-5-9-21/h6-7,10-12H,3-5,8-9,13H2,1-2H3,(H,23,29)(H,24,27). The molecule has 1 aromatic heterocycles. The SMILES string of the molecule is Cc1ccc(-n2ccnc2SCC(=O)NN2C(=O)NC3(CCCCC3)C2=O)c(C)c1. The normalized spacial score (nSPS) is 18.0. The molecule has 30 heavy (non-hydrogen) atoms. The van der Waals surface area contributed by atoms with E-state index in [0.29, 0.717) is 18.0 Å². The van der Waals surface area contributed by atoms with Crippen molar-refractivity contribution in [3.63, 3.8) is 0 Å². The molecule has 4 rings (SSSR count). The summed E-state index contributed by atoms with van der Waals surface area (Å²) in [5.74, 6) is -0.750. The minimum atomic E-state index is -0.852. The van der Waals surface area contributed by atoms with Crippen LogP contribution < -0.4 is 10.7 Å². The van der Waals surface area contributed by atoms with Crippen molar-refractivity contribution in [2.75, 3.05) is 5.75 Å². The third kappa shape index (κ3) is 3.81. The molecule has 0 bridgehead atoms. The quantitative estimate of drug-likeness (QED) is 0.565. The van der Waals surface area contributed by atoms with Gasteiger partial charge in [-0.1, -0.05) is 48.7 Å².